The summed E-state index contributed by atoms with van der Waals surface area (Å²) in [6.45, 7) is 2.10. The Labute approximate surface area is 153 Å². The Balaban J connectivity index is 1.52. The molecule has 1 saturated carbocycles. The Bertz CT molecular complexity index is 845. The Hall–Kier alpha value is -1.85. The lowest BCUT2D eigenvalue weighted by molar-refractivity contribution is -0.160. The van der Waals surface area contributed by atoms with Crippen molar-refractivity contribution < 1.29 is 14.6 Å². The number of para-hydroxylation sites is 1. The number of aliphatic hydroxyl groups is 1. The lowest BCUT2D eigenvalue weighted by Gasteiger charge is -2.50. The van der Waals surface area contributed by atoms with E-state index in [1.54, 1.807) is 0 Å². The number of fused-ring (bicyclic) bond motifs is 6. The van der Waals surface area contributed by atoms with Gasteiger partial charge in [0.05, 0.1) is 25.2 Å². The molecule has 5 heteroatoms. The average Bonchev–Trinajstić information content (AvgIpc) is 3.05. The van der Waals surface area contributed by atoms with Crippen LogP contribution < -0.4 is 0 Å². The first-order chi connectivity index (χ1) is 12.7. The molecule has 1 unspecified atom stereocenters. The molecule has 0 bridgehead atoms. The van der Waals surface area contributed by atoms with E-state index in [-0.39, 0.29) is 17.8 Å². The van der Waals surface area contributed by atoms with E-state index in [0.717, 1.165) is 32.4 Å². The van der Waals surface area contributed by atoms with Crippen molar-refractivity contribution in [2.75, 3.05) is 20.2 Å². The molecular formula is C21H26N2O3. The van der Waals surface area contributed by atoms with Gasteiger partial charge in [0.2, 0.25) is 0 Å². The Morgan fingerprint density at radius 2 is 2.15 bits per heavy atom. The maximum absolute atomic E-state index is 12.4. The number of aromatic amines is 1. The van der Waals surface area contributed by atoms with E-state index in [4.69, 9.17) is 4.74 Å². The first-order valence-corrected chi connectivity index (χ1v) is 9.76. The molecule has 26 heavy (non-hydrogen) atoms. The van der Waals surface area contributed by atoms with Gasteiger partial charge < -0.3 is 14.8 Å². The number of hydrogen-bond donors (Lipinski definition) is 2. The number of rotatable bonds is 1. The topological polar surface area (TPSA) is 65.6 Å². The summed E-state index contributed by atoms with van der Waals surface area (Å²) in [6, 6.07) is 8.83. The van der Waals surface area contributed by atoms with Crippen LogP contribution in [0, 0.1) is 17.8 Å². The minimum absolute atomic E-state index is 0.199. The van der Waals surface area contributed by atoms with Gasteiger partial charge in [-0.05, 0) is 49.1 Å². The van der Waals surface area contributed by atoms with Crippen LogP contribution >= 0.6 is 0 Å². The second kappa shape index (κ2) is 6.10. The van der Waals surface area contributed by atoms with Crippen molar-refractivity contribution in [1.82, 2.24) is 9.88 Å². The van der Waals surface area contributed by atoms with Crippen molar-refractivity contribution in [2.24, 2.45) is 17.8 Å². The molecule has 5 nitrogen and oxygen atoms in total. The maximum Gasteiger partial charge on any atom is 0.311 e. The molecule has 0 radical (unpaired) electrons. The smallest absolute Gasteiger partial charge is 0.311 e. The normalized spacial score (nSPS) is 34.0. The zero-order chi connectivity index (χ0) is 17.8. The van der Waals surface area contributed by atoms with Crippen molar-refractivity contribution in [3.05, 3.63) is 35.5 Å². The molecule has 2 N–H and O–H groups in total. The van der Waals surface area contributed by atoms with Crippen LogP contribution in [0.1, 0.15) is 36.6 Å². The second-order valence-corrected chi connectivity index (χ2v) is 8.18. The monoisotopic (exact) mass is 354 g/mol. The first-order valence-electron chi connectivity index (χ1n) is 9.76. The third-order valence-corrected chi connectivity index (χ3v) is 7.02. The van der Waals surface area contributed by atoms with Gasteiger partial charge in [-0.25, -0.2) is 0 Å². The number of piperidine rings is 1. The van der Waals surface area contributed by atoms with Crippen LogP contribution in [0.3, 0.4) is 0 Å². The summed E-state index contributed by atoms with van der Waals surface area (Å²) in [4.78, 5) is 18.6. The Morgan fingerprint density at radius 1 is 1.31 bits per heavy atom. The van der Waals surface area contributed by atoms with Crippen molar-refractivity contribution >= 4 is 16.9 Å². The van der Waals surface area contributed by atoms with Gasteiger partial charge in [-0.3, -0.25) is 9.69 Å². The molecule has 1 aliphatic carbocycles. The molecule has 5 atom stereocenters. The summed E-state index contributed by atoms with van der Waals surface area (Å²) >= 11 is 0. The predicted octanol–water partition coefficient (Wildman–Crippen LogP) is 2.65. The van der Waals surface area contributed by atoms with E-state index in [9.17, 15) is 9.90 Å². The standard InChI is InChI=1S/C21H26N2O3/c1-26-21(25)19-15-10-17-20-14(13-4-2-3-5-16(13)22-20)8-9-23(17)11-12(15)6-7-18(19)24/h2-5,12,15,17-19,22,24H,6-11H2,1H3/t12-,15+,17+,18+,19?/m0/s1. The zero-order valence-electron chi connectivity index (χ0n) is 15.1. The summed E-state index contributed by atoms with van der Waals surface area (Å²) in [5.41, 5.74) is 3.96. The van der Waals surface area contributed by atoms with Gasteiger partial charge in [0.15, 0.2) is 0 Å². The number of nitrogens with one attached hydrogen (secondary N) is 1. The van der Waals surface area contributed by atoms with Gasteiger partial charge in [0, 0.05) is 29.7 Å². The van der Waals surface area contributed by atoms with Crippen LogP contribution in [-0.4, -0.2) is 47.3 Å². The number of aliphatic hydroxyl groups excluding tert-OH is 1. The molecule has 5 rings (SSSR count). The van der Waals surface area contributed by atoms with Gasteiger partial charge in [-0.1, -0.05) is 18.2 Å². The molecule has 2 aliphatic heterocycles. The van der Waals surface area contributed by atoms with Gasteiger partial charge in [-0.15, -0.1) is 0 Å². The number of benzene rings is 1. The van der Waals surface area contributed by atoms with Crippen LogP contribution in [0.15, 0.2) is 24.3 Å². The Morgan fingerprint density at radius 3 is 3.00 bits per heavy atom. The highest BCUT2D eigenvalue weighted by atomic mass is 16.5. The number of carbonyl (C=O) groups is 1. The van der Waals surface area contributed by atoms with Crippen molar-refractivity contribution in [3.8, 4) is 0 Å². The van der Waals surface area contributed by atoms with Gasteiger partial charge in [0.25, 0.3) is 0 Å². The fraction of sp³-hybridized carbons (Fsp3) is 0.571. The molecule has 1 aromatic carbocycles. The van der Waals surface area contributed by atoms with Crippen LogP contribution in [0.2, 0.25) is 0 Å². The number of carbonyl (C=O) groups excluding carboxylic acids is 1. The molecule has 3 heterocycles. The molecule has 2 fully saturated rings. The van der Waals surface area contributed by atoms with Gasteiger partial charge in [-0.2, -0.15) is 0 Å². The van der Waals surface area contributed by atoms with E-state index in [1.165, 1.54) is 29.3 Å². The lowest BCUT2D eigenvalue weighted by Crippen LogP contribution is -2.53. The fourth-order valence-corrected chi connectivity index (χ4v) is 5.80. The summed E-state index contributed by atoms with van der Waals surface area (Å²) in [6.07, 6.45) is 3.14. The van der Waals surface area contributed by atoms with E-state index in [2.05, 4.69) is 34.1 Å². The third kappa shape index (κ3) is 2.33. The number of nitrogens with zero attached hydrogens (tertiary/aromatic N) is 1. The maximum atomic E-state index is 12.4. The molecule has 0 spiro atoms. The number of aromatic nitrogens is 1. The van der Waals surface area contributed by atoms with E-state index < -0.39 is 6.10 Å². The summed E-state index contributed by atoms with van der Waals surface area (Å²) in [5.74, 6) is 0.0541. The van der Waals surface area contributed by atoms with Gasteiger partial charge >= 0.3 is 5.97 Å². The molecule has 1 aromatic heterocycles. The fourth-order valence-electron chi connectivity index (χ4n) is 5.80. The number of methoxy groups -OCH3 is 1. The highest BCUT2D eigenvalue weighted by Crippen LogP contribution is 2.49. The van der Waals surface area contributed by atoms with Crippen molar-refractivity contribution in [3.63, 3.8) is 0 Å². The van der Waals surface area contributed by atoms with Crippen molar-refractivity contribution in [1.29, 1.82) is 0 Å². The average molecular weight is 354 g/mol. The van der Waals surface area contributed by atoms with E-state index in [1.807, 2.05) is 0 Å². The first kappa shape index (κ1) is 16.3. The summed E-state index contributed by atoms with van der Waals surface area (Å²) in [5, 5.41) is 11.8. The molecule has 2 aromatic rings. The molecule has 1 saturated heterocycles. The van der Waals surface area contributed by atoms with E-state index in [0.29, 0.717) is 18.4 Å². The van der Waals surface area contributed by atoms with Crippen LogP contribution in [0.4, 0.5) is 0 Å². The predicted molar refractivity (Wildman–Crippen MR) is 98.7 cm³/mol. The molecule has 0 amide bonds. The Kier molecular flexibility index (Phi) is 3.83. The largest absolute Gasteiger partial charge is 0.469 e. The summed E-state index contributed by atoms with van der Waals surface area (Å²) in [7, 11) is 1.43. The third-order valence-electron chi connectivity index (χ3n) is 7.02. The SMILES string of the molecule is COC(=O)C1[C@H](O)CC[C@H]2CN3CCc4c([nH]c5ccccc45)[C@H]3C[C@@H]12. The zero-order valence-corrected chi connectivity index (χ0v) is 15.1. The number of ether oxygens (including phenoxy) is 1. The van der Waals surface area contributed by atoms with Gasteiger partial charge in [0.1, 0.15) is 0 Å². The molecular weight excluding hydrogens is 328 g/mol. The van der Waals surface area contributed by atoms with E-state index >= 15 is 0 Å². The lowest BCUT2D eigenvalue weighted by atomic mass is 9.65. The minimum atomic E-state index is -0.568. The van der Waals surface area contributed by atoms with Crippen molar-refractivity contribution in [2.45, 2.75) is 37.8 Å². The second-order valence-electron chi connectivity index (χ2n) is 8.18. The van der Waals surface area contributed by atoms with Crippen LogP contribution in [-0.2, 0) is 16.0 Å². The minimum Gasteiger partial charge on any atom is -0.469 e. The summed E-state index contributed by atoms with van der Waals surface area (Å²) < 4.78 is 5.04. The van der Waals surface area contributed by atoms with Crippen LogP contribution in [0.5, 0.6) is 0 Å². The number of hydrogen-bond acceptors (Lipinski definition) is 4. The highest BCUT2D eigenvalue weighted by Gasteiger charge is 2.49. The van der Waals surface area contributed by atoms with Crippen LogP contribution in [0.25, 0.3) is 10.9 Å². The number of esters is 1. The highest BCUT2D eigenvalue weighted by molar-refractivity contribution is 5.85. The number of H-pyrrole nitrogens is 1. The quantitative estimate of drug-likeness (QED) is 0.773. The molecule has 138 valence electrons. The molecule has 3 aliphatic rings.